The number of halogens is 2. The summed E-state index contributed by atoms with van der Waals surface area (Å²) in [6.07, 6.45) is -0.705. The van der Waals surface area contributed by atoms with E-state index in [9.17, 15) is 23.1 Å². The van der Waals surface area contributed by atoms with E-state index in [4.69, 9.17) is 27.9 Å². The first-order chi connectivity index (χ1) is 20.8. The van der Waals surface area contributed by atoms with Crippen LogP contribution >= 0.6 is 23.2 Å². The number of urea groups is 1. The molecule has 0 fully saturated rings. The molecule has 0 aliphatic carbocycles. The molecule has 3 atom stereocenters. The zero-order valence-corrected chi connectivity index (χ0v) is 27.2. The Hall–Kier alpha value is -3.35. The second kappa shape index (κ2) is 14.2. The maximum absolute atomic E-state index is 13.5. The number of hydrogen-bond donors (Lipinski definition) is 3. The Morgan fingerprint density at radius 3 is 2.41 bits per heavy atom. The standard InChI is InChI=1S/C31H36Cl2N4O6S/c1-19-7-5-6-8-29(19)44(41,42)36(4)17-28-20(2)16-37(21(3)18-38)30(39)12-22-11-25(9-10-27(22)43-28)34-31(40)35-26-14-23(32)13-24(33)15-26/h5-11,13-15,20-21,28,38H,12,16-18H2,1-4H3,(H2,34,35,40)/t20-,21-,28-/m0/s1. The van der Waals surface area contributed by atoms with Gasteiger partial charge in [0, 0.05) is 46.5 Å². The number of aliphatic hydroxyl groups is 1. The highest BCUT2D eigenvalue weighted by molar-refractivity contribution is 7.89. The quantitative estimate of drug-likeness (QED) is 0.296. The lowest BCUT2D eigenvalue weighted by Gasteiger charge is -2.34. The van der Waals surface area contributed by atoms with Gasteiger partial charge < -0.3 is 25.4 Å². The zero-order valence-electron chi connectivity index (χ0n) is 24.9. The molecule has 1 aliphatic heterocycles. The number of benzene rings is 3. The molecule has 0 saturated carbocycles. The number of aryl methyl sites for hydroxylation is 1. The molecule has 0 unspecified atom stereocenters. The highest BCUT2D eigenvalue weighted by atomic mass is 35.5. The summed E-state index contributed by atoms with van der Waals surface area (Å²) in [5.74, 6) is -0.149. The monoisotopic (exact) mass is 662 g/mol. The van der Waals surface area contributed by atoms with Crippen LogP contribution in [-0.2, 0) is 21.2 Å². The average molecular weight is 664 g/mol. The Balaban J connectivity index is 1.63. The summed E-state index contributed by atoms with van der Waals surface area (Å²) in [5, 5.41) is 16.0. The predicted molar refractivity (Wildman–Crippen MR) is 172 cm³/mol. The molecule has 44 heavy (non-hydrogen) atoms. The number of aliphatic hydroxyl groups excluding tert-OH is 1. The number of nitrogens with one attached hydrogen (secondary N) is 2. The molecule has 0 spiro atoms. The fourth-order valence-electron chi connectivity index (χ4n) is 5.01. The van der Waals surface area contributed by atoms with Crippen molar-refractivity contribution in [1.29, 1.82) is 0 Å². The SMILES string of the molecule is Cc1ccccc1S(=O)(=O)N(C)C[C@@H]1Oc2ccc(NC(=O)Nc3cc(Cl)cc(Cl)c3)cc2CC(=O)N([C@@H](C)CO)C[C@@H]1C. The molecule has 0 saturated heterocycles. The molecular weight excluding hydrogens is 627 g/mol. The topological polar surface area (TPSA) is 128 Å². The first-order valence-corrected chi connectivity index (χ1v) is 16.2. The number of carbonyl (C=O) groups is 2. The summed E-state index contributed by atoms with van der Waals surface area (Å²) in [4.78, 5) is 28.0. The third-order valence-corrected chi connectivity index (χ3v) is 9.93. The van der Waals surface area contributed by atoms with Gasteiger partial charge in [-0.05, 0) is 61.9 Å². The summed E-state index contributed by atoms with van der Waals surface area (Å²) >= 11 is 12.1. The van der Waals surface area contributed by atoms with Crippen LogP contribution in [0, 0.1) is 12.8 Å². The first kappa shape index (κ1) is 33.5. The van der Waals surface area contributed by atoms with Crippen LogP contribution in [0.5, 0.6) is 5.75 Å². The van der Waals surface area contributed by atoms with Gasteiger partial charge in [-0.2, -0.15) is 4.31 Å². The van der Waals surface area contributed by atoms with Crippen LogP contribution in [0.1, 0.15) is 25.0 Å². The van der Waals surface area contributed by atoms with E-state index in [1.165, 1.54) is 11.4 Å². The maximum Gasteiger partial charge on any atom is 0.323 e. The van der Waals surface area contributed by atoms with Crippen molar-refractivity contribution in [2.24, 2.45) is 5.92 Å². The van der Waals surface area contributed by atoms with Gasteiger partial charge in [0.1, 0.15) is 11.9 Å². The highest BCUT2D eigenvalue weighted by Crippen LogP contribution is 2.30. The van der Waals surface area contributed by atoms with Crippen molar-refractivity contribution in [1.82, 2.24) is 9.21 Å². The molecule has 3 aromatic rings. The number of likely N-dealkylation sites (N-methyl/N-ethyl adjacent to an activating group) is 1. The second-order valence-corrected chi connectivity index (χ2v) is 13.9. The number of fused-ring (bicyclic) bond motifs is 1. The Morgan fingerprint density at radius 2 is 1.75 bits per heavy atom. The van der Waals surface area contributed by atoms with Gasteiger partial charge in [-0.1, -0.05) is 48.3 Å². The summed E-state index contributed by atoms with van der Waals surface area (Å²) in [6.45, 7) is 5.39. The number of ether oxygens (including phenoxy) is 1. The van der Waals surface area contributed by atoms with Crippen LogP contribution in [0.3, 0.4) is 0 Å². The van der Waals surface area contributed by atoms with Crippen molar-refractivity contribution >= 4 is 56.5 Å². The molecule has 10 nitrogen and oxygen atoms in total. The van der Waals surface area contributed by atoms with E-state index in [0.717, 1.165) is 0 Å². The van der Waals surface area contributed by atoms with Crippen molar-refractivity contribution in [3.63, 3.8) is 0 Å². The van der Waals surface area contributed by atoms with E-state index in [2.05, 4.69) is 10.6 Å². The largest absolute Gasteiger partial charge is 0.488 e. The van der Waals surface area contributed by atoms with Crippen LogP contribution < -0.4 is 15.4 Å². The normalized spacial score (nSPS) is 18.0. The number of anilines is 2. The van der Waals surface area contributed by atoms with Gasteiger partial charge in [0.2, 0.25) is 15.9 Å². The Kier molecular flexibility index (Phi) is 10.8. The molecule has 0 bridgehead atoms. The molecule has 0 radical (unpaired) electrons. The molecule has 1 heterocycles. The number of amides is 3. The molecule has 1 aliphatic rings. The third kappa shape index (κ3) is 8.02. The minimum absolute atomic E-state index is 0.0113. The van der Waals surface area contributed by atoms with Gasteiger partial charge >= 0.3 is 6.03 Å². The summed E-state index contributed by atoms with van der Waals surface area (Å²) in [6, 6.07) is 15.3. The lowest BCUT2D eigenvalue weighted by atomic mass is 10.0. The van der Waals surface area contributed by atoms with E-state index in [-0.39, 0.29) is 42.8 Å². The van der Waals surface area contributed by atoms with Gasteiger partial charge in [-0.25, -0.2) is 13.2 Å². The smallest absolute Gasteiger partial charge is 0.323 e. The van der Waals surface area contributed by atoms with Gasteiger partial charge in [0.15, 0.2) is 0 Å². The second-order valence-electron chi connectivity index (χ2n) is 11.0. The fraction of sp³-hybridized carbons (Fsp3) is 0.355. The number of carbonyl (C=O) groups excluding carboxylic acids is 2. The molecule has 236 valence electrons. The van der Waals surface area contributed by atoms with Crippen LogP contribution in [-0.4, -0.2) is 73.6 Å². The van der Waals surface area contributed by atoms with Gasteiger partial charge in [0.25, 0.3) is 0 Å². The number of rotatable bonds is 8. The maximum atomic E-state index is 13.5. The molecule has 3 aromatic carbocycles. The average Bonchev–Trinajstić information content (AvgIpc) is 2.99. The summed E-state index contributed by atoms with van der Waals surface area (Å²) in [7, 11) is -2.33. The lowest BCUT2D eigenvalue weighted by molar-refractivity contribution is -0.134. The molecular formula is C31H36Cl2N4O6S. The fourth-order valence-corrected chi connectivity index (χ4v) is 6.94. The molecule has 3 N–H and O–H groups in total. The highest BCUT2D eigenvalue weighted by Gasteiger charge is 2.34. The molecule has 4 rings (SSSR count). The lowest BCUT2D eigenvalue weighted by Crippen LogP contribution is -2.48. The van der Waals surface area contributed by atoms with Crippen molar-refractivity contribution in [3.05, 3.63) is 81.8 Å². The number of sulfonamides is 1. The van der Waals surface area contributed by atoms with E-state index in [1.54, 1.807) is 79.4 Å². The van der Waals surface area contributed by atoms with Crippen LogP contribution in [0.2, 0.25) is 10.0 Å². The van der Waals surface area contributed by atoms with Gasteiger partial charge in [-0.15, -0.1) is 0 Å². The van der Waals surface area contributed by atoms with Crippen molar-refractivity contribution in [2.45, 2.75) is 44.2 Å². The van der Waals surface area contributed by atoms with Crippen LogP contribution in [0.15, 0.2) is 65.6 Å². The number of nitrogens with zero attached hydrogens (tertiary/aromatic N) is 2. The Bertz CT molecular complexity index is 1620. The van der Waals surface area contributed by atoms with Crippen LogP contribution in [0.25, 0.3) is 0 Å². The number of hydrogen-bond acceptors (Lipinski definition) is 6. The van der Waals surface area contributed by atoms with Crippen molar-refractivity contribution < 1.29 is 27.9 Å². The molecule has 13 heteroatoms. The minimum atomic E-state index is -3.83. The Morgan fingerprint density at radius 1 is 1.09 bits per heavy atom. The molecule has 0 aromatic heterocycles. The van der Waals surface area contributed by atoms with E-state index in [1.807, 2.05) is 6.92 Å². The van der Waals surface area contributed by atoms with Gasteiger partial charge in [-0.3, -0.25) is 4.79 Å². The predicted octanol–water partition coefficient (Wildman–Crippen LogP) is 5.42. The molecule has 3 amide bonds. The van der Waals surface area contributed by atoms with Crippen LogP contribution in [0.4, 0.5) is 16.2 Å². The van der Waals surface area contributed by atoms with Crippen molar-refractivity contribution in [3.8, 4) is 5.75 Å². The summed E-state index contributed by atoms with van der Waals surface area (Å²) in [5.41, 5.74) is 1.92. The first-order valence-electron chi connectivity index (χ1n) is 14.0. The minimum Gasteiger partial charge on any atom is -0.488 e. The summed E-state index contributed by atoms with van der Waals surface area (Å²) < 4.78 is 34.7. The van der Waals surface area contributed by atoms with Gasteiger partial charge in [0.05, 0.1) is 30.5 Å². The van der Waals surface area contributed by atoms with E-state index < -0.39 is 28.2 Å². The Labute approximate surface area is 268 Å². The van der Waals surface area contributed by atoms with E-state index in [0.29, 0.717) is 38.3 Å². The zero-order chi connectivity index (χ0) is 32.2. The third-order valence-electron chi connectivity index (χ3n) is 7.51. The van der Waals surface area contributed by atoms with E-state index >= 15 is 0 Å². The van der Waals surface area contributed by atoms with Crippen molar-refractivity contribution in [2.75, 3.05) is 37.4 Å².